The Hall–Kier alpha value is -2.78. The topological polar surface area (TPSA) is 89.5 Å². The van der Waals surface area contributed by atoms with Gasteiger partial charge in [-0.05, 0) is 59.1 Å². The molecule has 0 fully saturated rings. The Morgan fingerprint density at radius 1 is 0.641 bits per heavy atom. The molecule has 0 saturated heterocycles. The summed E-state index contributed by atoms with van der Waals surface area (Å²) >= 11 is 0. The molecule has 2 aromatic carbocycles. The highest BCUT2D eigenvalue weighted by Crippen LogP contribution is 2.23. The number of benzene rings is 2. The molecule has 2 rings (SSSR count). The molecule has 0 amide bonds. The summed E-state index contributed by atoms with van der Waals surface area (Å²) in [6, 6.07) is 14.2. The van der Waals surface area contributed by atoms with Crippen molar-refractivity contribution >= 4 is 11.9 Å². The average Bonchev–Trinajstić information content (AvgIpc) is 2.90. The molecule has 0 heterocycles. The van der Waals surface area contributed by atoms with E-state index in [-0.39, 0.29) is 23.9 Å². The largest absolute Gasteiger partial charge is 0.381 e. The van der Waals surface area contributed by atoms with Crippen LogP contribution in [0.4, 0.5) is 0 Å². The van der Waals surface area contributed by atoms with Crippen molar-refractivity contribution in [2.75, 3.05) is 26.4 Å². The van der Waals surface area contributed by atoms with Crippen LogP contribution in [0.25, 0.3) is 0 Å². The molecular weight excluding hydrogens is 500 g/mol. The van der Waals surface area contributed by atoms with Gasteiger partial charge in [-0.1, -0.05) is 72.7 Å². The van der Waals surface area contributed by atoms with Gasteiger partial charge in [0.1, 0.15) is 0 Å². The van der Waals surface area contributed by atoms with Crippen LogP contribution in [0.5, 0.6) is 0 Å². The zero-order valence-electron chi connectivity index (χ0n) is 24.4. The first kappa shape index (κ1) is 32.4. The van der Waals surface area contributed by atoms with Crippen molar-refractivity contribution in [3.63, 3.8) is 0 Å². The second kappa shape index (κ2) is 15.7. The van der Waals surface area contributed by atoms with Crippen molar-refractivity contribution in [3.05, 3.63) is 70.8 Å². The first-order valence-corrected chi connectivity index (χ1v) is 13.5. The molecule has 0 radical (unpaired) electrons. The lowest BCUT2D eigenvalue weighted by Crippen LogP contribution is -2.24. The van der Waals surface area contributed by atoms with Crippen LogP contribution >= 0.6 is 0 Å². The number of carbonyl (C=O) groups is 2. The summed E-state index contributed by atoms with van der Waals surface area (Å²) in [6.07, 6.45) is 0.682. The van der Waals surface area contributed by atoms with Crippen molar-refractivity contribution in [1.29, 1.82) is 0 Å². The Bertz CT molecular complexity index is 927. The zero-order valence-corrected chi connectivity index (χ0v) is 24.4. The van der Waals surface area contributed by atoms with Gasteiger partial charge in [-0.15, -0.1) is 9.78 Å². The lowest BCUT2D eigenvalue weighted by Gasteiger charge is -2.19. The van der Waals surface area contributed by atoms with Crippen LogP contribution in [0, 0.1) is 0 Å². The molecule has 0 spiro atoms. The maximum atomic E-state index is 12.5. The third-order valence-electron chi connectivity index (χ3n) is 5.86. The maximum absolute atomic E-state index is 12.5. The molecule has 0 aliphatic heterocycles. The van der Waals surface area contributed by atoms with Crippen molar-refractivity contribution in [2.45, 2.75) is 84.8 Å². The molecule has 0 N–H and O–H groups in total. The van der Waals surface area contributed by atoms with Gasteiger partial charge in [0.05, 0.1) is 17.7 Å². The maximum Gasteiger partial charge on any atom is 0.373 e. The Kier molecular flexibility index (Phi) is 13.1. The van der Waals surface area contributed by atoms with Gasteiger partial charge in [-0.3, -0.25) is 9.78 Å². The molecule has 8 heteroatoms. The van der Waals surface area contributed by atoms with Crippen LogP contribution in [0.1, 0.15) is 99.6 Å². The molecule has 8 nitrogen and oxygen atoms in total. The summed E-state index contributed by atoms with van der Waals surface area (Å²) < 4.78 is 11.0. The van der Waals surface area contributed by atoms with Gasteiger partial charge in [0.25, 0.3) is 0 Å². The third kappa shape index (κ3) is 11.9. The molecule has 0 unspecified atom stereocenters. The Morgan fingerprint density at radius 2 is 1.05 bits per heavy atom. The predicted molar refractivity (Wildman–Crippen MR) is 148 cm³/mol. The van der Waals surface area contributed by atoms with Crippen LogP contribution < -0.4 is 0 Å². The molecule has 0 atom stereocenters. The fraction of sp³-hybridized carbons (Fsp3) is 0.548. The van der Waals surface area contributed by atoms with E-state index < -0.39 is 18.2 Å². The highest BCUT2D eigenvalue weighted by Gasteiger charge is 2.21. The molecule has 2 aromatic rings. The first-order chi connectivity index (χ1) is 18.4. The van der Waals surface area contributed by atoms with Crippen LogP contribution in [0.2, 0.25) is 0 Å². The van der Waals surface area contributed by atoms with Crippen molar-refractivity contribution in [1.82, 2.24) is 0 Å². The summed E-state index contributed by atoms with van der Waals surface area (Å²) in [5.74, 6) is -1.38. The zero-order chi connectivity index (χ0) is 28.9. The van der Waals surface area contributed by atoms with Crippen LogP contribution in [0.3, 0.4) is 0 Å². The second-order valence-electron chi connectivity index (χ2n) is 11.4. The molecule has 0 aromatic heterocycles. The quantitative estimate of drug-likeness (QED) is 0.106. The van der Waals surface area contributed by atoms with Crippen molar-refractivity contribution in [2.24, 2.45) is 0 Å². The number of hydrogen-bond acceptors (Lipinski definition) is 8. The van der Waals surface area contributed by atoms with E-state index >= 15 is 0 Å². The van der Waals surface area contributed by atoms with E-state index in [9.17, 15) is 9.59 Å². The highest BCUT2D eigenvalue weighted by molar-refractivity contribution is 5.89. The molecular formula is C31H44O8. The Labute approximate surface area is 232 Å². The van der Waals surface area contributed by atoms with Gasteiger partial charge in [-0.2, -0.15) is 0 Å². The van der Waals surface area contributed by atoms with Gasteiger partial charge >= 0.3 is 11.9 Å². The van der Waals surface area contributed by atoms with E-state index in [2.05, 4.69) is 48.5 Å². The highest BCUT2D eigenvalue weighted by atomic mass is 17.3. The molecule has 0 aliphatic carbocycles. The first-order valence-electron chi connectivity index (χ1n) is 13.5. The summed E-state index contributed by atoms with van der Waals surface area (Å²) in [4.78, 5) is 45.5. The van der Waals surface area contributed by atoms with E-state index in [1.54, 1.807) is 24.3 Å². The smallest absolute Gasteiger partial charge is 0.373 e. The van der Waals surface area contributed by atoms with E-state index in [0.717, 1.165) is 30.6 Å². The summed E-state index contributed by atoms with van der Waals surface area (Å²) in [5.41, 5.74) is 2.72. The Balaban J connectivity index is 1.92. The minimum absolute atomic E-state index is 0.0447. The van der Waals surface area contributed by atoms with E-state index in [4.69, 9.17) is 29.0 Å². The lowest BCUT2D eigenvalue weighted by atomic mass is 9.87. The van der Waals surface area contributed by atoms with Gasteiger partial charge in [0, 0.05) is 26.2 Å². The van der Waals surface area contributed by atoms with Crippen molar-refractivity contribution < 1.29 is 38.6 Å². The molecule has 0 saturated carbocycles. The SMILES string of the molecule is CCCOCCCOCCC(OOC(=O)c1ccc(C(C)(C)C)cc1)OOC(=O)c1ccc(C(C)(C)C)cc1. The predicted octanol–water partition coefficient (Wildman–Crippen LogP) is 6.71. The van der Waals surface area contributed by atoms with Crippen LogP contribution in [-0.4, -0.2) is 44.7 Å². The van der Waals surface area contributed by atoms with Gasteiger partial charge < -0.3 is 9.47 Å². The fourth-order valence-electron chi connectivity index (χ4n) is 3.41. The van der Waals surface area contributed by atoms with Crippen LogP contribution in [-0.2, 0) is 39.9 Å². The summed E-state index contributed by atoms with van der Waals surface area (Å²) in [5, 5.41) is 0. The summed E-state index contributed by atoms with van der Waals surface area (Å²) in [6.45, 7) is 16.6. The fourth-order valence-corrected chi connectivity index (χ4v) is 3.41. The van der Waals surface area contributed by atoms with Crippen LogP contribution in [0.15, 0.2) is 48.5 Å². The van der Waals surface area contributed by atoms with Gasteiger partial charge in [-0.25, -0.2) is 9.59 Å². The van der Waals surface area contributed by atoms with E-state index in [1.165, 1.54) is 0 Å². The lowest BCUT2D eigenvalue weighted by molar-refractivity contribution is -0.422. The molecule has 0 aliphatic rings. The van der Waals surface area contributed by atoms with Gasteiger partial charge in [0.15, 0.2) is 0 Å². The molecule has 39 heavy (non-hydrogen) atoms. The second-order valence-corrected chi connectivity index (χ2v) is 11.4. The van der Waals surface area contributed by atoms with E-state index in [0.29, 0.717) is 24.3 Å². The monoisotopic (exact) mass is 544 g/mol. The normalized spacial score (nSPS) is 12.0. The molecule has 216 valence electrons. The molecule has 0 bridgehead atoms. The van der Waals surface area contributed by atoms with E-state index in [1.807, 2.05) is 24.3 Å². The standard InChI is InChI=1S/C31H44O8/c1-8-19-34-20-9-21-35-22-18-27(36-38-28(32)23-10-14-25(15-11-23)30(2,3)4)37-39-29(33)24-12-16-26(17-13-24)31(5,6)7/h10-17,27H,8-9,18-22H2,1-7H3. The minimum atomic E-state index is -1.18. The number of rotatable bonds is 15. The summed E-state index contributed by atoms with van der Waals surface area (Å²) in [7, 11) is 0. The third-order valence-corrected chi connectivity index (χ3v) is 5.86. The van der Waals surface area contributed by atoms with Crippen molar-refractivity contribution in [3.8, 4) is 0 Å². The number of carbonyl (C=O) groups excluding carboxylic acids is 2. The number of hydrogen-bond donors (Lipinski definition) is 0. The van der Waals surface area contributed by atoms with Gasteiger partial charge in [0.2, 0.25) is 6.29 Å². The number of ether oxygens (including phenoxy) is 2. The Morgan fingerprint density at radius 3 is 1.44 bits per heavy atom. The minimum Gasteiger partial charge on any atom is -0.381 e. The average molecular weight is 545 g/mol.